The van der Waals surface area contributed by atoms with Crippen molar-refractivity contribution in [1.82, 2.24) is 5.32 Å². The van der Waals surface area contributed by atoms with Gasteiger partial charge in [0.2, 0.25) is 5.91 Å². The average molecular weight is 445 g/mol. The van der Waals surface area contributed by atoms with Crippen LogP contribution in [-0.4, -0.2) is 40.2 Å². The molecule has 162 valence electrons. The van der Waals surface area contributed by atoms with Gasteiger partial charge >= 0.3 is 5.97 Å². The molecule has 0 saturated carbocycles. The Morgan fingerprint density at radius 2 is 2.00 bits per heavy atom. The maximum absolute atomic E-state index is 13.0. The van der Waals surface area contributed by atoms with E-state index in [1.807, 2.05) is 6.92 Å². The number of hydrogen-bond donors (Lipinski definition) is 2. The predicted octanol–water partition coefficient (Wildman–Crippen LogP) is 3.20. The number of nitrogens with zero attached hydrogens (tertiary/aromatic N) is 2. The number of carboxylic acids is 1. The van der Waals surface area contributed by atoms with E-state index in [1.165, 1.54) is 18.3 Å². The Hall–Kier alpha value is -3.40. The molecule has 0 aromatic heterocycles. The summed E-state index contributed by atoms with van der Waals surface area (Å²) in [6.45, 7) is 2.54. The van der Waals surface area contributed by atoms with Crippen LogP contribution < -0.4 is 14.8 Å². The Labute approximate surface area is 182 Å². The molecule has 1 aliphatic rings. The van der Waals surface area contributed by atoms with Gasteiger partial charge in [-0.05, 0) is 48.4 Å². The summed E-state index contributed by atoms with van der Waals surface area (Å²) in [6.07, 6.45) is 1.20. The van der Waals surface area contributed by atoms with Crippen molar-refractivity contribution in [2.24, 2.45) is 10.2 Å². The van der Waals surface area contributed by atoms with Crippen LogP contribution in [-0.2, 0) is 16.2 Å². The lowest BCUT2D eigenvalue weighted by Crippen LogP contribution is -2.26. The van der Waals surface area contributed by atoms with Gasteiger partial charge in [-0.15, -0.1) is 5.10 Å². The van der Waals surface area contributed by atoms with Crippen LogP contribution in [0.15, 0.2) is 52.7 Å². The second kappa shape index (κ2) is 10.6. The van der Waals surface area contributed by atoms with Crippen molar-refractivity contribution in [1.29, 1.82) is 0 Å². The van der Waals surface area contributed by atoms with Crippen LogP contribution in [0, 0.1) is 5.82 Å². The third kappa shape index (κ3) is 6.54. The molecule has 2 N–H and O–H groups in total. The van der Waals surface area contributed by atoms with E-state index in [1.54, 1.807) is 30.3 Å². The molecule has 1 unspecified atom stereocenters. The lowest BCUT2D eigenvalue weighted by Gasteiger charge is -2.12. The normalized spacial score (nSPS) is 17.2. The van der Waals surface area contributed by atoms with Crippen molar-refractivity contribution < 1.29 is 28.6 Å². The molecule has 0 radical (unpaired) electrons. The summed E-state index contributed by atoms with van der Waals surface area (Å²) in [5, 5.41) is 18.7. The zero-order valence-corrected chi connectivity index (χ0v) is 17.4. The summed E-state index contributed by atoms with van der Waals surface area (Å²) in [5.41, 5.74) is 1.51. The minimum absolute atomic E-state index is 0.247. The molecule has 10 heteroatoms. The molecule has 1 saturated heterocycles. The number of rotatable bonds is 9. The number of halogens is 1. The van der Waals surface area contributed by atoms with Crippen LogP contribution >= 0.6 is 11.8 Å². The Bertz CT molecular complexity index is 1010. The number of carboxylic acid groups (broad SMARTS) is 1. The molecule has 3 rings (SSSR count). The van der Waals surface area contributed by atoms with Crippen LogP contribution in [0.3, 0.4) is 0 Å². The highest BCUT2D eigenvalue weighted by atomic mass is 32.2. The van der Waals surface area contributed by atoms with Gasteiger partial charge < -0.3 is 19.9 Å². The van der Waals surface area contributed by atoms with Gasteiger partial charge in [-0.25, -0.2) is 4.39 Å². The van der Waals surface area contributed by atoms with E-state index in [0.717, 1.165) is 17.3 Å². The quantitative estimate of drug-likeness (QED) is 0.453. The van der Waals surface area contributed by atoms with Crippen molar-refractivity contribution in [2.45, 2.75) is 25.2 Å². The first-order valence-corrected chi connectivity index (χ1v) is 10.3. The van der Waals surface area contributed by atoms with Crippen molar-refractivity contribution in [2.75, 3.05) is 6.61 Å². The Morgan fingerprint density at radius 3 is 2.71 bits per heavy atom. The van der Waals surface area contributed by atoms with E-state index in [4.69, 9.17) is 14.6 Å². The minimum atomic E-state index is -1.05. The first-order valence-electron chi connectivity index (χ1n) is 9.39. The van der Waals surface area contributed by atoms with Gasteiger partial charge in [-0.2, -0.15) is 5.10 Å². The summed E-state index contributed by atoms with van der Waals surface area (Å²) in [4.78, 5) is 22.5. The Balaban J connectivity index is 1.65. The summed E-state index contributed by atoms with van der Waals surface area (Å²) >= 11 is 1.03. The maximum atomic E-state index is 13.0. The SMILES string of the molecule is CCOc1cc(C=NN=C2NC(=O)C(CC(=O)O)S2)ccc1OCc1ccc(F)cc1. The average Bonchev–Trinajstić information content (AvgIpc) is 3.07. The zero-order chi connectivity index (χ0) is 22.2. The molecule has 1 amide bonds. The molecule has 2 aromatic carbocycles. The highest BCUT2D eigenvalue weighted by molar-refractivity contribution is 8.15. The minimum Gasteiger partial charge on any atom is -0.490 e. The van der Waals surface area contributed by atoms with Crippen molar-refractivity contribution in [3.8, 4) is 11.5 Å². The fourth-order valence-electron chi connectivity index (χ4n) is 2.63. The number of aliphatic carboxylic acids is 1. The first kappa shape index (κ1) is 22.3. The van der Waals surface area contributed by atoms with Crippen LogP contribution in [0.5, 0.6) is 11.5 Å². The molecule has 0 spiro atoms. The lowest BCUT2D eigenvalue weighted by atomic mass is 10.2. The highest BCUT2D eigenvalue weighted by Gasteiger charge is 2.32. The third-order valence-corrected chi connectivity index (χ3v) is 5.14. The summed E-state index contributed by atoms with van der Waals surface area (Å²) in [5.74, 6) is -0.708. The Kier molecular flexibility index (Phi) is 7.60. The van der Waals surface area contributed by atoms with Crippen molar-refractivity contribution >= 4 is 35.0 Å². The van der Waals surface area contributed by atoms with Gasteiger partial charge in [0.15, 0.2) is 16.7 Å². The highest BCUT2D eigenvalue weighted by Crippen LogP contribution is 2.29. The number of ether oxygens (including phenoxy) is 2. The third-order valence-electron chi connectivity index (χ3n) is 4.07. The molecule has 1 fully saturated rings. The molecule has 8 nitrogen and oxygen atoms in total. The second-order valence-electron chi connectivity index (χ2n) is 6.40. The second-order valence-corrected chi connectivity index (χ2v) is 7.59. The number of nitrogens with one attached hydrogen (secondary N) is 1. The lowest BCUT2D eigenvalue weighted by molar-refractivity contribution is -0.138. The van der Waals surface area contributed by atoms with Crippen LogP contribution in [0.1, 0.15) is 24.5 Å². The summed E-state index contributed by atoms with van der Waals surface area (Å²) < 4.78 is 24.4. The summed E-state index contributed by atoms with van der Waals surface area (Å²) in [6, 6.07) is 11.3. The van der Waals surface area contributed by atoms with Gasteiger partial charge in [0.1, 0.15) is 17.7 Å². The fourth-order valence-corrected chi connectivity index (χ4v) is 3.54. The standard InChI is InChI=1S/C21H20FN3O5S/c1-2-29-17-9-14(5-8-16(17)30-12-13-3-6-15(22)7-4-13)11-23-25-21-24-20(28)18(31-21)10-19(26)27/h3-9,11,18H,2,10,12H2,1H3,(H,26,27)(H,24,25,28). The van der Waals surface area contributed by atoms with Gasteiger partial charge in [0, 0.05) is 0 Å². The number of amidine groups is 1. The molecule has 0 bridgehead atoms. The monoisotopic (exact) mass is 445 g/mol. The van der Waals surface area contributed by atoms with Gasteiger partial charge in [-0.3, -0.25) is 9.59 Å². The van der Waals surface area contributed by atoms with Gasteiger partial charge in [0.05, 0.1) is 19.2 Å². The van der Waals surface area contributed by atoms with Crippen LogP contribution in [0.25, 0.3) is 0 Å². The summed E-state index contributed by atoms with van der Waals surface area (Å²) in [7, 11) is 0. The fraction of sp³-hybridized carbons (Fsp3) is 0.238. The molecule has 31 heavy (non-hydrogen) atoms. The maximum Gasteiger partial charge on any atom is 0.305 e. The number of carbonyl (C=O) groups is 2. The largest absolute Gasteiger partial charge is 0.490 e. The van der Waals surface area contributed by atoms with E-state index in [0.29, 0.717) is 23.7 Å². The van der Waals surface area contributed by atoms with Crippen LogP contribution in [0.2, 0.25) is 0 Å². The van der Waals surface area contributed by atoms with E-state index in [-0.39, 0.29) is 24.0 Å². The molecule has 2 aromatic rings. The Morgan fingerprint density at radius 1 is 1.23 bits per heavy atom. The topological polar surface area (TPSA) is 110 Å². The number of thioether (sulfide) groups is 1. The molecule has 1 heterocycles. The van der Waals surface area contributed by atoms with E-state index in [9.17, 15) is 14.0 Å². The molecular formula is C21H20FN3O5S. The van der Waals surface area contributed by atoms with E-state index < -0.39 is 17.1 Å². The van der Waals surface area contributed by atoms with Crippen molar-refractivity contribution in [3.63, 3.8) is 0 Å². The smallest absolute Gasteiger partial charge is 0.305 e. The molecule has 1 aliphatic heterocycles. The molecule has 0 aliphatic carbocycles. The predicted molar refractivity (Wildman–Crippen MR) is 115 cm³/mol. The van der Waals surface area contributed by atoms with Crippen molar-refractivity contribution in [3.05, 3.63) is 59.4 Å². The van der Waals surface area contributed by atoms with Gasteiger partial charge in [-0.1, -0.05) is 23.9 Å². The van der Waals surface area contributed by atoms with Gasteiger partial charge in [0.25, 0.3) is 0 Å². The number of amides is 1. The molecule has 1 atom stereocenters. The number of benzene rings is 2. The number of carbonyl (C=O) groups excluding carboxylic acids is 1. The zero-order valence-electron chi connectivity index (χ0n) is 16.6. The van der Waals surface area contributed by atoms with E-state index in [2.05, 4.69) is 15.5 Å². The molecular weight excluding hydrogens is 425 g/mol. The first-order chi connectivity index (χ1) is 14.9. The number of hydrogen-bond acceptors (Lipinski definition) is 7. The van der Waals surface area contributed by atoms with E-state index >= 15 is 0 Å². The van der Waals surface area contributed by atoms with Crippen LogP contribution in [0.4, 0.5) is 4.39 Å².